The van der Waals surface area contributed by atoms with Crippen LogP contribution in [-0.2, 0) is 11.3 Å². The first-order valence-corrected chi connectivity index (χ1v) is 9.57. The van der Waals surface area contributed by atoms with Crippen LogP contribution in [0.4, 0.5) is 4.79 Å². The topological polar surface area (TPSA) is 67.7 Å². The summed E-state index contributed by atoms with van der Waals surface area (Å²) in [4.78, 5) is 27.8. The Balaban J connectivity index is 1.55. The lowest BCUT2D eigenvalue weighted by molar-refractivity contribution is 0.0292. The summed E-state index contributed by atoms with van der Waals surface area (Å²) in [5, 5.41) is 1.02. The maximum absolute atomic E-state index is 12.3. The van der Waals surface area contributed by atoms with Crippen molar-refractivity contribution in [3.8, 4) is 0 Å². The van der Waals surface area contributed by atoms with E-state index in [1.807, 2.05) is 27.0 Å². The predicted molar refractivity (Wildman–Crippen MR) is 104 cm³/mol. The minimum atomic E-state index is -0.482. The van der Waals surface area contributed by atoms with Crippen molar-refractivity contribution < 1.29 is 9.53 Å². The molecule has 136 valence electrons. The van der Waals surface area contributed by atoms with Gasteiger partial charge in [-0.15, -0.1) is 0 Å². The number of nitrogens with zero attached hydrogens (tertiary/aromatic N) is 4. The lowest BCUT2D eigenvalue weighted by atomic mass is 10.1. The molecule has 3 heterocycles. The summed E-state index contributed by atoms with van der Waals surface area (Å²) in [5.41, 5.74) is 2.73. The van der Waals surface area contributed by atoms with Gasteiger partial charge in [0.2, 0.25) is 0 Å². The highest BCUT2D eigenvalue weighted by Crippen LogP contribution is 2.30. The first-order chi connectivity index (χ1) is 12.3. The molecule has 1 amide bonds. The van der Waals surface area contributed by atoms with Gasteiger partial charge >= 0.3 is 6.09 Å². The zero-order chi connectivity index (χ0) is 18.5. The monoisotopic (exact) mass is 416 g/mol. The molecule has 26 heavy (non-hydrogen) atoms. The van der Waals surface area contributed by atoms with E-state index < -0.39 is 5.60 Å². The number of carbonyl (C=O) groups is 1. The predicted octanol–water partition coefficient (Wildman–Crippen LogP) is 4.01. The average Bonchev–Trinajstić information content (AvgIpc) is 3.19. The quantitative estimate of drug-likeness (QED) is 0.703. The van der Waals surface area contributed by atoms with Gasteiger partial charge < -0.3 is 9.64 Å². The Bertz CT molecular complexity index is 920. The number of ether oxygens (including phenoxy) is 1. The molecule has 0 radical (unpaired) electrons. The molecule has 2 aliphatic heterocycles. The van der Waals surface area contributed by atoms with Gasteiger partial charge in [-0.1, -0.05) is 0 Å². The number of benzene rings is 1. The summed E-state index contributed by atoms with van der Waals surface area (Å²) in [6, 6.07) is 4.17. The molecule has 4 rings (SSSR count). The number of hydrogen-bond donors (Lipinski definition) is 0. The molecule has 0 saturated carbocycles. The van der Waals surface area contributed by atoms with E-state index in [1.54, 1.807) is 4.90 Å². The summed E-state index contributed by atoms with van der Waals surface area (Å²) in [5.74, 6) is 0.923. The van der Waals surface area contributed by atoms with Crippen LogP contribution in [0.2, 0.25) is 0 Å². The number of amides is 1. The molecule has 2 aromatic rings. The molecule has 0 bridgehead atoms. The third-order valence-corrected chi connectivity index (χ3v) is 5.32. The SMILES string of the molecule is CC(C)(C)OC(=O)N1CCC(c2ncc3cc4c(cc3n2)C(Br)=NC4)C1. The highest BCUT2D eigenvalue weighted by molar-refractivity contribution is 9.18. The molecule has 1 atom stereocenters. The van der Waals surface area contributed by atoms with Crippen LogP contribution >= 0.6 is 15.9 Å². The normalized spacial score (nSPS) is 19.6. The smallest absolute Gasteiger partial charge is 0.410 e. The first kappa shape index (κ1) is 17.4. The molecule has 2 aliphatic rings. The lowest BCUT2D eigenvalue weighted by Gasteiger charge is -2.24. The molecular formula is C19H21BrN4O2. The Hall–Kier alpha value is -2.02. The van der Waals surface area contributed by atoms with Crippen molar-refractivity contribution in [3.63, 3.8) is 0 Å². The van der Waals surface area contributed by atoms with E-state index in [0.717, 1.165) is 33.3 Å². The number of aromatic nitrogens is 2. The average molecular weight is 417 g/mol. The van der Waals surface area contributed by atoms with Gasteiger partial charge in [-0.2, -0.15) is 0 Å². The van der Waals surface area contributed by atoms with Crippen LogP contribution < -0.4 is 0 Å². The Morgan fingerprint density at radius 1 is 1.35 bits per heavy atom. The molecule has 1 unspecified atom stereocenters. The van der Waals surface area contributed by atoms with Gasteiger partial charge in [-0.05, 0) is 60.8 Å². The van der Waals surface area contributed by atoms with Crippen LogP contribution in [-0.4, -0.2) is 44.3 Å². The summed E-state index contributed by atoms with van der Waals surface area (Å²) in [6.07, 6.45) is 2.46. The highest BCUT2D eigenvalue weighted by atomic mass is 79.9. The van der Waals surface area contributed by atoms with E-state index in [2.05, 4.69) is 38.0 Å². The maximum atomic E-state index is 12.3. The van der Waals surface area contributed by atoms with Crippen molar-refractivity contribution in [3.05, 3.63) is 35.3 Å². The molecular weight excluding hydrogens is 396 g/mol. The van der Waals surface area contributed by atoms with E-state index in [0.29, 0.717) is 19.6 Å². The molecule has 7 heteroatoms. The van der Waals surface area contributed by atoms with E-state index in [1.165, 1.54) is 5.56 Å². The van der Waals surface area contributed by atoms with Crippen LogP contribution in [0.25, 0.3) is 10.9 Å². The van der Waals surface area contributed by atoms with Crippen molar-refractivity contribution in [2.45, 2.75) is 45.3 Å². The Morgan fingerprint density at radius 3 is 2.92 bits per heavy atom. The van der Waals surface area contributed by atoms with Gasteiger partial charge in [-0.3, -0.25) is 4.99 Å². The van der Waals surface area contributed by atoms with Gasteiger partial charge in [0.25, 0.3) is 0 Å². The Kier molecular flexibility index (Phi) is 4.22. The van der Waals surface area contributed by atoms with Gasteiger partial charge in [0.1, 0.15) is 16.0 Å². The van der Waals surface area contributed by atoms with Crippen LogP contribution in [0.1, 0.15) is 50.1 Å². The van der Waals surface area contributed by atoms with Crippen molar-refractivity contribution in [2.24, 2.45) is 4.99 Å². The molecule has 6 nitrogen and oxygen atoms in total. The molecule has 0 aliphatic carbocycles. The minimum Gasteiger partial charge on any atom is -0.444 e. The molecule has 0 N–H and O–H groups in total. The molecule has 1 fully saturated rings. The number of hydrogen-bond acceptors (Lipinski definition) is 5. The summed E-state index contributed by atoms with van der Waals surface area (Å²) < 4.78 is 6.35. The lowest BCUT2D eigenvalue weighted by Crippen LogP contribution is -2.35. The number of fused-ring (bicyclic) bond motifs is 2. The number of likely N-dealkylation sites (tertiary alicyclic amines) is 1. The van der Waals surface area contributed by atoms with Crippen LogP contribution in [0, 0.1) is 0 Å². The standard InChI is InChI=1S/C19H21BrN4O2/c1-19(2,3)26-18(25)24-5-4-11(10-24)17-22-9-13-6-12-8-21-16(20)14(12)7-15(13)23-17/h6-7,9,11H,4-5,8,10H2,1-3H3. The van der Waals surface area contributed by atoms with Crippen molar-refractivity contribution >= 4 is 37.5 Å². The van der Waals surface area contributed by atoms with Crippen molar-refractivity contribution in [1.82, 2.24) is 14.9 Å². The number of rotatable bonds is 1. The van der Waals surface area contributed by atoms with E-state index >= 15 is 0 Å². The van der Waals surface area contributed by atoms with Gasteiger partial charge in [0.15, 0.2) is 0 Å². The van der Waals surface area contributed by atoms with Crippen molar-refractivity contribution in [1.29, 1.82) is 0 Å². The minimum absolute atomic E-state index is 0.136. The van der Waals surface area contributed by atoms with Crippen LogP contribution in [0.5, 0.6) is 0 Å². The second-order valence-corrected chi connectivity index (χ2v) is 8.57. The number of halogens is 1. The summed E-state index contributed by atoms with van der Waals surface area (Å²) in [7, 11) is 0. The summed E-state index contributed by atoms with van der Waals surface area (Å²) >= 11 is 3.50. The van der Waals surface area contributed by atoms with Gasteiger partial charge in [0, 0.05) is 36.2 Å². The third kappa shape index (κ3) is 3.32. The second kappa shape index (κ2) is 6.30. The van der Waals surface area contributed by atoms with E-state index in [4.69, 9.17) is 9.72 Å². The summed E-state index contributed by atoms with van der Waals surface area (Å²) in [6.45, 7) is 7.60. The Morgan fingerprint density at radius 2 is 2.15 bits per heavy atom. The van der Waals surface area contributed by atoms with Gasteiger partial charge in [-0.25, -0.2) is 14.8 Å². The number of carbonyl (C=O) groups excluding carboxylic acids is 1. The fourth-order valence-electron chi connectivity index (χ4n) is 3.36. The maximum Gasteiger partial charge on any atom is 0.410 e. The van der Waals surface area contributed by atoms with Crippen LogP contribution in [0.15, 0.2) is 23.3 Å². The van der Waals surface area contributed by atoms with E-state index in [-0.39, 0.29) is 12.0 Å². The third-order valence-electron chi connectivity index (χ3n) is 4.64. The highest BCUT2D eigenvalue weighted by Gasteiger charge is 2.32. The first-order valence-electron chi connectivity index (χ1n) is 8.78. The number of aliphatic imine (C=N–C) groups is 1. The molecule has 1 aromatic heterocycles. The van der Waals surface area contributed by atoms with Gasteiger partial charge in [0.05, 0.1) is 12.1 Å². The molecule has 1 aromatic carbocycles. The molecule has 1 saturated heterocycles. The van der Waals surface area contributed by atoms with Crippen molar-refractivity contribution in [2.75, 3.05) is 13.1 Å². The zero-order valence-corrected chi connectivity index (χ0v) is 16.7. The van der Waals surface area contributed by atoms with E-state index in [9.17, 15) is 4.79 Å². The van der Waals surface area contributed by atoms with Crippen LogP contribution in [0.3, 0.4) is 0 Å². The zero-order valence-electron chi connectivity index (χ0n) is 15.1. The Labute approximate surface area is 160 Å². The largest absolute Gasteiger partial charge is 0.444 e. The fraction of sp³-hybridized carbons (Fsp3) is 0.474. The fourth-order valence-corrected chi connectivity index (χ4v) is 3.86. The molecule has 0 spiro atoms. The second-order valence-electron chi connectivity index (χ2n) is 7.82.